The summed E-state index contributed by atoms with van der Waals surface area (Å²) in [7, 11) is 0. The first-order valence-electron chi connectivity index (χ1n) is 7.47. The Labute approximate surface area is 132 Å². The molecule has 1 atom stereocenters. The molecule has 1 heterocycles. The van der Waals surface area contributed by atoms with E-state index in [2.05, 4.69) is 37.6 Å². The van der Waals surface area contributed by atoms with Gasteiger partial charge in [-0.25, -0.2) is 0 Å². The van der Waals surface area contributed by atoms with Crippen LogP contribution in [0.1, 0.15) is 71.3 Å². The third-order valence-corrected chi connectivity index (χ3v) is 5.12. The number of rotatable bonds is 8. The zero-order valence-electron chi connectivity index (χ0n) is 12.5. The second-order valence-electron chi connectivity index (χ2n) is 5.03. The summed E-state index contributed by atoms with van der Waals surface area (Å²) in [5.74, 6) is 0. The quantitative estimate of drug-likeness (QED) is 0.402. The van der Waals surface area contributed by atoms with Crippen molar-refractivity contribution in [2.45, 2.75) is 76.1 Å². The molecule has 2 radical (unpaired) electrons. The fourth-order valence-corrected chi connectivity index (χ4v) is 2.25. The molecule has 0 saturated carbocycles. The Morgan fingerprint density at radius 3 is 2.22 bits per heavy atom. The standard InChI is InChI=1S/C12H20S.C4H9.Sn.H/c1-2-3-4-5-6-7-8-12-9-10-13-11-12;1-3-4-2;;/h9-11H,2-8H2,1H3;3H,4H2,1-2H3;;. The molecule has 0 saturated heterocycles. The molecule has 0 N–H and O–H groups in total. The van der Waals surface area contributed by atoms with E-state index in [0.29, 0.717) is 0 Å². The molecule has 0 spiro atoms. The minimum atomic E-state index is 1.01. The van der Waals surface area contributed by atoms with Gasteiger partial charge in [-0.15, -0.1) is 0 Å². The van der Waals surface area contributed by atoms with E-state index >= 15 is 0 Å². The zero-order valence-corrected chi connectivity index (χ0v) is 16.6. The second-order valence-corrected chi connectivity index (χ2v) is 9.06. The van der Waals surface area contributed by atoms with Crippen LogP contribution >= 0.6 is 11.3 Å². The molecule has 0 nitrogen and oxygen atoms in total. The van der Waals surface area contributed by atoms with Crippen LogP contribution in [0.4, 0.5) is 0 Å². The van der Waals surface area contributed by atoms with Crippen LogP contribution in [-0.4, -0.2) is 22.5 Å². The zero-order chi connectivity index (χ0) is 13.6. The summed E-state index contributed by atoms with van der Waals surface area (Å²) in [6.45, 7) is 6.78. The van der Waals surface area contributed by atoms with Gasteiger partial charge < -0.3 is 0 Å². The van der Waals surface area contributed by atoms with Crippen molar-refractivity contribution >= 4 is 33.9 Å². The molecule has 1 unspecified atom stereocenters. The maximum atomic E-state index is 2.28. The molecule has 0 fully saturated rings. The van der Waals surface area contributed by atoms with Crippen LogP contribution in [0, 0.1) is 0 Å². The summed E-state index contributed by atoms with van der Waals surface area (Å²) < 4.78 is 1.01. The maximum absolute atomic E-state index is 2.28. The number of hydrogen-bond donors (Lipinski definition) is 0. The van der Waals surface area contributed by atoms with Gasteiger partial charge in [0.1, 0.15) is 0 Å². The molecule has 1 rings (SSSR count). The Morgan fingerprint density at radius 2 is 1.72 bits per heavy atom. The van der Waals surface area contributed by atoms with Crippen LogP contribution in [0.3, 0.4) is 0 Å². The molecular formula is C16H30SSn. The van der Waals surface area contributed by atoms with Crippen molar-refractivity contribution in [2.75, 3.05) is 0 Å². The monoisotopic (exact) mass is 374 g/mol. The van der Waals surface area contributed by atoms with Crippen molar-refractivity contribution in [3.05, 3.63) is 22.4 Å². The average molecular weight is 373 g/mol. The molecule has 0 amide bonds. The Hall–Kier alpha value is 0.499. The molecule has 1 aromatic rings. The van der Waals surface area contributed by atoms with Gasteiger partial charge in [-0.2, -0.15) is 11.3 Å². The van der Waals surface area contributed by atoms with Gasteiger partial charge in [-0.3, -0.25) is 0 Å². The van der Waals surface area contributed by atoms with Gasteiger partial charge in [-0.1, -0.05) is 39.0 Å². The van der Waals surface area contributed by atoms with Crippen LogP contribution in [0.2, 0.25) is 3.93 Å². The molecule has 0 aliphatic rings. The van der Waals surface area contributed by atoms with E-state index in [-0.39, 0.29) is 0 Å². The van der Waals surface area contributed by atoms with E-state index in [1.54, 1.807) is 0 Å². The van der Waals surface area contributed by atoms with E-state index in [1.807, 2.05) is 11.3 Å². The van der Waals surface area contributed by atoms with Crippen LogP contribution in [0.15, 0.2) is 16.8 Å². The number of thiophene rings is 1. The molecule has 2 heteroatoms. The Balaban J connectivity index is 0.000000494. The van der Waals surface area contributed by atoms with Gasteiger partial charge in [0, 0.05) is 0 Å². The predicted octanol–water partition coefficient (Wildman–Crippen LogP) is 5.76. The topological polar surface area (TPSA) is 0 Å². The van der Waals surface area contributed by atoms with Gasteiger partial charge in [0.15, 0.2) is 0 Å². The van der Waals surface area contributed by atoms with Gasteiger partial charge in [0.25, 0.3) is 0 Å². The van der Waals surface area contributed by atoms with Gasteiger partial charge in [0.2, 0.25) is 0 Å². The third-order valence-electron chi connectivity index (χ3n) is 3.04. The summed E-state index contributed by atoms with van der Waals surface area (Å²) in [5, 5.41) is 4.44. The summed E-state index contributed by atoms with van der Waals surface area (Å²) >= 11 is 3.24. The van der Waals surface area contributed by atoms with E-state index in [0.717, 1.165) is 3.93 Å². The van der Waals surface area contributed by atoms with Crippen molar-refractivity contribution in [3.63, 3.8) is 0 Å². The minimum absolute atomic E-state index is 1.01. The SMILES string of the molecule is CCCCCCCCc1ccsc1.CC[CH](C)[SnH]. The number of aryl methyl sites for hydroxylation is 1. The Morgan fingerprint density at radius 1 is 1.11 bits per heavy atom. The van der Waals surface area contributed by atoms with Crippen LogP contribution in [0.5, 0.6) is 0 Å². The molecular weight excluding hydrogens is 343 g/mol. The first-order valence-corrected chi connectivity index (χ1v) is 10.3. The normalized spacial score (nSPS) is 11.8. The summed E-state index contributed by atoms with van der Waals surface area (Å²) in [5.41, 5.74) is 1.53. The van der Waals surface area contributed by atoms with E-state index in [9.17, 15) is 0 Å². The van der Waals surface area contributed by atoms with Crippen molar-refractivity contribution in [2.24, 2.45) is 0 Å². The van der Waals surface area contributed by atoms with Crippen molar-refractivity contribution < 1.29 is 0 Å². The van der Waals surface area contributed by atoms with Crippen LogP contribution in [0.25, 0.3) is 0 Å². The molecule has 0 aliphatic carbocycles. The molecule has 0 bridgehead atoms. The first kappa shape index (κ1) is 18.5. The fraction of sp³-hybridized carbons (Fsp3) is 0.750. The van der Waals surface area contributed by atoms with E-state index in [4.69, 9.17) is 0 Å². The van der Waals surface area contributed by atoms with Gasteiger partial charge in [-0.05, 0) is 35.2 Å². The van der Waals surface area contributed by atoms with Crippen molar-refractivity contribution in [3.8, 4) is 0 Å². The van der Waals surface area contributed by atoms with Gasteiger partial charge >= 0.3 is 46.7 Å². The Kier molecular flexibility index (Phi) is 14.3. The molecule has 0 aliphatic heterocycles. The van der Waals surface area contributed by atoms with E-state index in [1.165, 1.54) is 79.5 Å². The second kappa shape index (κ2) is 13.9. The number of unbranched alkanes of at least 4 members (excludes halogenated alkanes) is 5. The molecule has 1 aromatic heterocycles. The summed E-state index contributed by atoms with van der Waals surface area (Å²) in [4.78, 5) is 0. The Bertz CT molecular complexity index is 242. The fourth-order valence-electron chi connectivity index (χ4n) is 1.54. The van der Waals surface area contributed by atoms with Crippen LogP contribution < -0.4 is 0 Å². The van der Waals surface area contributed by atoms with Gasteiger partial charge in [0.05, 0.1) is 0 Å². The van der Waals surface area contributed by atoms with Crippen molar-refractivity contribution in [1.82, 2.24) is 0 Å². The number of hydrogen-bond acceptors (Lipinski definition) is 1. The average Bonchev–Trinajstić information content (AvgIpc) is 2.87. The first-order chi connectivity index (χ1) is 8.70. The molecule has 18 heavy (non-hydrogen) atoms. The molecule has 0 aromatic carbocycles. The summed E-state index contributed by atoms with van der Waals surface area (Å²) in [6, 6.07) is 2.25. The van der Waals surface area contributed by atoms with Crippen LogP contribution in [-0.2, 0) is 6.42 Å². The molecule has 104 valence electrons. The predicted molar refractivity (Wildman–Crippen MR) is 88.3 cm³/mol. The third kappa shape index (κ3) is 12.9. The van der Waals surface area contributed by atoms with E-state index < -0.39 is 0 Å². The van der Waals surface area contributed by atoms with Crippen molar-refractivity contribution in [1.29, 1.82) is 0 Å². The summed E-state index contributed by atoms with van der Waals surface area (Å²) in [6.07, 6.45) is 11.1.